The number of aryl methyl sites for hydroxylation is 1. The number of nitrogens with zero attached hydrogens (tertiary/aromatic N) is 2. The minimum atomic E-state index is -0.459. The normalized spacial score (nSPS) is 17.3. The summed E-state index contributed by atoms with van der Waals surface area (Å²) in [6.45, 7) is 0.963. The molecule has 138 valence electrons. The quantitative estimate of drug-likeness (QED) is 0.827. The Kier molecular flexibility index (Phi) is 8.35. The zero-order chi connectivity index (χ0) is 16.2. The average molecular weight is 389 g/mol. The van der Waals surface area contributed by atoms with Crippen molar-refractivity contribution in [2.45, 2.75) is 31.3 Å². The lowest BCUT2D eigenvalue weighted by Gasteiger charge is -2.20. The van der Waals surface area contributed by atoms with Crippen molar-refractivity contribution in [3.63, 3.8) is 0 Å². The summed E-state index contributed by atoms with van der Waals surface area (Å²) in [6.07, 6.45) is 6.03. The summed E-state index contributed by atoms with van der Waals surface area (Å²) in [5.74, 6) is 0.304. The third-order valence-corrected chi connectivity index (χ3v) is 4.20. The van der Waals surface area contributed by atoms with E-state index in [9.17, 15) is 9.18 Å². The summed E-state index contributed by atoms with van der Waals surface area (Å²) >= 11 is 0. The molecule has 1 aliphatic rings. The highest BCUT2D eigenvalue weighted by atomic mass is 35.5. The average Bonchev–Trinajstić information content (AvgIpc) is 3.16. The van der Waals surface area contributed by atoms with E-state index in [0.29, 0.717) is 17.8 Å². The Bertz CT molecular complexity index is 689. The van der Waals surface area contributed by atoms with Crippen LogP contribution in [0.5, 0.6) is 0 Å². The zero-order valence-electron chi connectivity index (χ0n) is 13.9. The SMILES string of the molecule is Cl.Cl.Cn1ccnc1C(NC(=O)CC1CCCN1)c1cccc(F)c1. The van der Waals surface area contributed by atoms with E-state index in [4.69, 9.17) is 0 Å². The molecule has 0 saturated carbocycles. The summed E-state index contributed by atoms with van der Waals surface area (Å²) in [7, 11) is 1.86. The summed E-state index contributed by atoms with van der Waals surface area (Å²) in [6, 6.07) is 6.04. The van der Waals surface area contributed by atoms with E-state index < -0.39 is 6.04 Å². The van der Waals surface area contributed by atoms with E-state index in [-0.39, 0.29) is 42.6 Å². The van der Waals surface area contributed by atoms with Crippen LogP contribution < -0.4 is 10.6 Å². The number of halogens is 3. The van der Waals surface area contributed by atoms with Crippen LogP contribution in [0.1, 0.15) is 36.7 Å². The third-order valence-electron chi connectivity index (χ3n) is 4.20. The van der Waals surface area contributed by atoms with Crippen molar-refractivity contribution in [1.82, 2.24) is 20.2 Å². The van der Waals surface area contributed by atoms with E-state index in [2.05, 4.69) is 15.6 Å². The molecule has 2 unspecified atom stereocenters. The van der Waals surface area contributed by atoms with Gasteiger partial charge in [0.25, 0.3) is 0 Å². The molecular formula is C17H23Cl2FN4O. The topological polar surface area (TPSA) is 59.0 Å². The molecule has 2 aromatic rings. The largest absolute Gasteiger partial charge is 0.342 e. The molecule has 1 amide bonds. The van der Waals surface area contributed by atoms with E-state index >= 15 is 0 Å². The van der Waals surface area contributed by atoms with Gasteiger partial charge < -0.3 is 15.2 Å². The van der Waals surface area contributed by atoms with Gasteiger partial charge in [-0.05, 0) is 37.1 Å². The highest BCUT2D eigenvalue weighted by molar-refractivity contribution is 5.85. The number of hydrogen-bond donors (Lipinski definition) is 2. The van der Waals surface area contributed by atoms with Crippen LogP contribution in [-0.2, 0) is 11.8 Å². The van der Waals surface area contributed by atoms with Gasteiger partial charge in [-0.3, -0.25) is 4.79 Å². The fraction of sp³-hybridized carbons (Fsp3) is 0.412. The van der Waals surface area contributed by atoms with Crippen LogP contribution >= 0.6 is 24.8 Å². The number of imidazole rings is 1. The lowest BCUT2D eigenvalue weighted by molar-refractivity contribution is -0.122. The number of rotatable bonds is 5. The first kappa shape index (κ1) is 21.4. The molecule has 25 heavy (non-hydrogen) atoms. The van der Waals surface area contributed by atoms with Crippen molar-refractivity contribution in [1.29, 1.82) is 0 Å². The van der Waals surface area contributed by atoms with Gasteiger partial charge in [0.1, 0.15) is 17.7 Å². The van der Waals surface area contributed by atoms with Gasteiger partial charge in [-0.25, -0.2) is 9.37 Å². The molecule has 2 heterocycles. The van der Waals surface area contributed by atoms with Crippen molar-refractivity contribution < 1.29 is 9.18 Å². The van der Waals surface area contributed by atoms with Crippen molar-refractivity contribution in [2.75, 3.05) is 6.54 Å². The van der Waals surface area contributed by atoms with Crippen molar-refractivity contribution in [3.8, 4) is 0 Å². The number of carbonyl (C=O) groups excluding carboxylic acids is 1. The maximum Gasteiger partial charge on any atom is 0.222 e. The van der Waals surface area contributed by atoms with E-state index in [1.807, 2.05) is 17.8 Å². The molecular weight excluding hydrogens is 366 g/mol. The molecule has 0 bridgehead atoms. The first-order valence-electron chi connectivity index (χ1n) is 7.89. The molecule has 2 N–H and O–H groups in total. The Morgan fingerprint density at radius 2 is 2.28 bits per heavy atom. The second kappa shape index (κ2) is 9.75. The first-order valence-corrected chi connectivity index (χ1v) is 7.89. The molecule has 0 aliphatic carbocycles. The molecule has 1 saturated heterocycles. The maximum absolute atomic E-state index is 13.6. The zero-order valence-corrected chi connectivity index (χ0v) is 15.6. The van der Waals surface area contributed by atoms with Gasteiger partial charge in [-0.15, -0.1) is 24.8 Å². The Balaban J connectivity index is 0.00000156. The smallest absolute Gasteiger partial charge is 0.222 e. The highest BCUT2D eigenvalue weighted by Gasteiger charge is 2.24. The number of nitrogens with one attached hydrogen (secondary N) is 2. The predicted molar refractivity (Wildman–Crippen MR) is 99.7 cm³/mol. The van der Waals surface area contributed by atoms with Crippen molar-refractivity contribution in [3.05, 3.63) is 53.9 Å². The monoisotopic (exact) mass is 388 g/mol. The first-order chi connectivity index (χ1) is 11.1. The lowest BCUT2D eigenvalue weighted by atomic mass is 10.0. The summed E-state index contributed by atoms with van der Waals surface area (Å²) in [4.78, 5) is 16.7. The maximum atomic E-state index is 13.6. The third kappa shape index (κ3) is 5.42. The molecule has 3 rings (SSSR count). The van der Waals surface area contributed by atoms with Crippen LogP contribution in [0.2, 0.25) is 0 Å². The molecule has 8 heteroatoms. The van der Waals surface area contributed by atoms with Crippen molar-refractivity contribution >= 4 is 30.7 Å². The molecule has 1 fully saturated rings. The minimum Gasteiger partial charge on any atom is -0.342 e. The van der Waals surface area contributed by atoms with E-state index in [1.165, 1.54) is 12.1 Å². The number of aromatic nitrogens is 2. The van der Waals surface area contributed by atoms with Gasteiger partial charge in [0, 0.05) is 31.9 Å². The fourth-order valence-corrected chi connectivity index (χ4v) is 3.01. The van der Waals surface area contributed by atoms with Crippen LogP contribution in [0.4, 0.5) is 4.39 Å². The Hall–Kier alpha value is -1.63. The predicted octanol–water partition coefficient (Wildman–Crippen LogP) is 2.75. The number of hydrogen-bond acceptors (Lipinski definition) is 3. The highest BCUT2D eigenvalue weighted by Crippen LogP contribution is 2.22. The van der Waals surface area contributed by atoms with Gasteiger partial charge in [0.15, 0.2) is 0 Å². The number of carbonyl (C=O) groups is 1. The van der Waals surface area contributed by atoms with Gasteiger partial charge in [-0.2, -0.15) is 0 Å². The summed E-state index contributed by atoms with van der Waals surface area (Å²) in [5.41, 5.74) is 0.687. The molecule has 1 aromatic carbocycles. The molecule has 0 spiro atoms. The Morgan fingerprint density at radius 3 is 2.88 bits per heavy atom. The Morgan fingerprint density at radius 1 is 1.48 bits per heavy atom. The minimum absolute atomic E-state index is 0. The second-order valence-electron chi connectivity index (χ2n) is 5.95. The number of amides is 1. The van der Waals surface area contributed by atoms with Gasteiger partial charge in [-0.1, -0.05) is 12.1 Å². The molecule has 1 aliphatic heterocycles. The fourth-order valence-electron chi connectivity index (χ4n) is 3.01. The lowest BCUT2D eigenvalue weighted by Crippen LogP contribution is -2.35. The molecule has 0 radical (unpaired) electrons. The molecule has 5 nitrogen and oxygen atoms in total. The van der Waals surface area contributed by atoms with Gasteiger partial charge >= 0.3 is 0 Å². The molecule has 2 atom stereocenters. The Labute approximate surface area is 159 Å². The van der Waals surface area contributed by atoms with Crippen LogP contribution in [0, 0.1) is 5.82 Å². The van der Waals surface area contributed by atoms with Gasteiger partial charge in [0.05, 0.1) is 0 Å². The number of benzene rings is 1. The van der Waals surface area contributed by atoms with Crippen LogP contribution in [0.15, 0.2) is 36.7 Å². The van der Waals surface area contributed by atoms with Crippen LogP contribution in [0.3, 0.4) is 0 Å². The van der Waals surface area contributed by atoms with Gasteiger partial charge in [0.2, 0.25) is 5.91 Å². The van der Waals surface area contributed by atoms with E-state index in [0.717, 1.165) is 19.4 Å². The van der Waals surface area contributed by atoms with Crippen molar-refractivity contribution in [2.24, 2.45) is 7.05 Å². The molecule has 1 aromatic heterocycles. The summed E-state index contributed by atoms with van der Waals surface area (Å²) in [5, 5.41) is 6.32. The standard InChI is InChI=1S/C17H21FN4O.2ClH/c1-22-9-8-20-17(22)16(12-4-2-5-13(18)10-12)21-15(23)11-14-6-3-7-19-14;;/h2,4-5,8-10,14,16,19H,3,6-7,11H2,1H3,(H,21,23);2*1H. The second-order valence-corrected chi connectivity index (χ2v) is 5.95. The van der Waals surface area contributed by atoms with Crippen LogP contribution in [-0.4, -0.2) is 28.0 Å². The van der Waals surface area contributed by atoms with E-state index in [1.54, 1.807) is 18.3 Å². The summed E-state index contributed by atoms with van der Waals surface area (Å²) < 4.78 is 15.4. The van der Waals surface area contributed by atoms with Crippen LogP contribution in [0.25, 0.3) is 0 Å².